The van der Waals surface area contributed by atoms with E-state index in [2.05, 4.69) is 13.8 Å². The molecule has 1 aromatic rings. The fourth-order valence-electron chi connectivity index (χ4n) is 1.79. The largest absolute Gasteiger partial charge is 0.493 e. The molecule has 1 atom stereocenters. The van der Waals surface area contributed by atoms with E-state index in [4.69, 9.17) is 16.3 Å². The summed E-state index contributed by atoms with van der Waals surface area (Å²) in [4.78, 5) is 0. The van der Waals surface area contributed by atoms with E-state index < -0.39 is 0 Å². The molecule has 0 fully saturated rings. The van der Waals surface area contributed by atoms with Gasteiger partial charge in [-0.3, -0.25) is 0 Å². The van der Waals surface area contributed by atoms with Gasteiger partial charge in [-0.05, 0) is 18.1 Å². The first-order valence-electron chi connectivity index (χ1n) is 4.61. The molecule has 0 saturated heterocycles. The van der Waals surface area contributed by atoms with Gasteiger partial charge in [-0.2, -0.15) is 0 Å². The van der Waals surface area contributed by atoms with Crippen LogP contribution in [0.5, 0.6) is 5.75 Å². The van der Waals surface area contributed by atoms with Crippen LogP contribution < -0.4 is 4.74 Å². The molecule has 0 spiro atoms. The van der Waals surface area contributed by atoms with Gasteiger partial charge >= 0.3 is 0 Å². The highest BCUT2D eigenvalue weighted by atomic mass is 35.5. The van der Waals surface area contributed by atoms with Crippen molar-refractivity contribution in [2.75, 3.05) is 6.61 Å². The van der Waals surface area contributed by atoms with Crippen LogP contribution in [-0.2, 0) is 0 Å². The molecular weight excluding hydrogens is 184 g/mol. The van der Waals surface area contributed by atoms with Crippen LogP contribution in [0.1, 0.15) is 25.3 Å². The maximum absolute atomic E-state index is 6.13. The predicted octanol–water partition coefficient (Wildman–Crippen LogP) is 3.47. The highest BCUT2D eigenvalue weighted by molar-refractivity contribution is 6.31. The van der Waals surface area contributed by atoms with Crippen LogP contribution in [0.25, 0.3) is 0 Å². The number of halogens is 1. The second-order valence-electron chi connectivity index (χ2n) is 3.81. The molecule has 13 heavy (non-hydrogen) atoms. The number of fused-ring (bicyclic) bond motifs is 1. The third-order valence-electron chi connectivity index (χ3n) is 2.61. The Morgan fingerprint density at radius 1 is 1.46 bits per heavy atom. The lowest BCUT2D eigenvalue weighted by Crippen LogP contribution is -2.07. The smallest absolute Gasteiger partial charge is 0.124 e. The van der Waals surface area contributed by atoms with Gasteiger partial charge in [-0.1, -0.05) is 31.5 Å². The average Bonchev–Trinajstić information content (AvgIpc) is 2.49. The van der Waals surface area contributed by atoms with Crippen molar-refractivity contribution < 1.29 is 4.74 Å². The SMILES string of the molecule is CC(C)C1COc2cccc(Cl)c21. The molecule has 0 radical (unpaired) electrons. The molecule has 1 aliphatic rings. The lowest BCUT2D eigenvalue weighted by atomic mass is 9.90. The molecule has 70 valence electrons. The Morgan fingerprint density at radius 3 is 2.92 bits per heavy atom. The van der Waals surface area contributed by atoms with E-state index in [1.54, 1.807) is 0 Å². The van der Waals surface area contributed by atoms with Gasteiger partial charge in [0.1, 0.15) is 5.75 Å². The number of benzene rings is 1. The Hall–Kier alpha value is -0.690. The van der Waals surface area contributed by atoms with E-state index in [0.717, 1.165) is 17.4 Å². The van der Waals surface area contributed by atoms with Gasteiger partial charge in [0.05, 0.1) is 6.61 Å². The van der Waals surface area contributed by atoms with Crippen molar-refractivity contribution >= 4 is 11.6 Å². The van der Waals surface area contributed by atoms with Crippen molar-refractivity contribution in [3.63, 3.8) is 0 Å². The third-order valence-corrected chi connectivity index (χ3v) is 2.94. The van der Waals surface area contributed by atoms with E-state index in [1.165, 1.54) is 5.56 Å². The number of rotatable bonds is 1. The fourth-order valence-corrected chi connectivity index (χ4v) is 2.10. The van der Waals surface area contributed by atoms with Crippen molar-refractivity contribution in [2.45, 2.75) is 19.8 Å². The molecular formula is C11H13ClO. The van der Waals surface area contributed by atoms with E-state index in [-0.39, 0.29) is 0 Å². The first-order chi connectivity index (χ1) is 6.20. The van der Waals surface area contributed by atoms with Crippen LogP contribution in [0.2, 0.25) is 5.02 Å². The zero-order chi connectivity index (χ0) is 9.42. The standard InChI is InChI=1S/C11H13ClO/c1-7(2)8-6-13-10-5-3-4-9(12)11(8)10/h3-5,7-8H,6H2,1-2H3. The summed E-state index contributed by atoms with van der Waals surface area (Å²) in [6.45, 7) is 5.18. The molecule has 0 bridgehead atoms. The molecule has 1 unspecified atom stereocenters. The molecule has 1 heterocycles. The normalized spacial score (nSPS) is 20.2. The Kier molecular flexibility index (Phi) is 2.20. The van der Waals surface area contributed by atoms with Gasteiger partial charge in [0, 0.05) is 16.5 Å². The zero-order valence-electron chi connectivity index (χ0n) is 7.88. The molecule has 2 rings (SSSR count). The maximum atomic E-state index is 6.13. The number of hydrogen-bond acceptors (Lipinski definition) is 1. The van der Waals surface area contributed by atoms with Crippen LogP contribution in [0, 0.1) is 5.92 Å². The molecule has 0 N–H and O–H groups in total. The third kappa shape index (κ3) is 1.42. The highest BCUT2D eigenvalue weighted by Crippen LogP contribution is 2.42. The minimum absolute atomic E-state index is 0.462. The summed E-state index contributed by atoms with van der Waals surface area (Å²) in [5, 5.41) is 0.841. The molecule has 0 aliphatic carbocycles. The monoisotopic (exact) mass is 196 g/mol. The summed E-state index contributed by atoms with van der Waals surface area (Å²) in [7, 11) is 0. The molecule has 2 heteroatoms. The molecule has 0 amide bonds. The Bertz CT molecular complexity index is 320. The van der Waals surface area contributed by atoms with Crippen LogP contribution >= 0.6 is 11.6 Å². The second kappa shape index (κ2) is 3.22. The molecule has 0 saturated carbocycles. The predicted molar refractivity (Wildman–Crippen MR) is 54.5 cm³/mol. The minimum Gasteiger partial charge on any atom is -0.493 e. The van der Waals surface area contributed by atoms with Crippen LogP contribution in [0.4, 0.5) is 0 Å². The lowest BCUT2D eigenvalue weighted by Gasteiger charge is -2.13. The van der Waals surface area contributed by atoms with Crippen LogP contribution in [-0.4, -0.2) is 6.61 Å². The van der Waals surface area contributed by atoms with Gasteiger partial charge in [0.15, 0.2) is 0 Å². The summed E-state index contributed by atoms with van der Waals surface area (Å²) in [6, 6.07) is 5.86. The Balaban J connectivity index is 2.46. The Labute approximate surface area is 83.7 Å². The Morgan fingerprint density at radius 2 is 2.23 bits per heavy atom. The molecule has 0 aromatic heterocycles. The summed E-state index contributed by atoms with van der Waals surface area (Å²) in [5.74, 6) is 2.01. The lowest BCUT2D eigenvalue weighted by molar-refractivity contribution is 0.304. The summed E-state index contributed by atoms with van der Waals surface area (Å²) < 4.78 is 5.57. The first-order valence-corrected chi connectivity index (χ1v) is 4.99. The van der Waals surface area contributed by atoms with Crippen LogP contribution in [0.15, 0.2) is 18.2 Å². The van der Waals surface area contributed by atoms with Gasteiger partial charge < -0.3 is 4.74 Å². The van der Waals surface area contributed by atoms with E-state index in [1.807, 2.05) is 18.2 Å². The quantitative estimate of drug-likeness (QED) is 0.669. The summed E-state index contributed by atoms with van der Waals surface area (Å²) in [5.41, 5.74) is 1.19. The fraction of sp³-hybridized carbons (Fsp3) is 0.455. The number of ether oxygens (including phenoxy) is 1. The van der Waals surface area contributed by atoms with E-state index >= 15 is 0 Å². The first kappa shape index (κ1) is 8.89. The molecule has 1 nitrogen and oxygen atoms in total. The molecule has 1 aromatic carbocycles. The maximum Gasteiger partial charge on any atom is 0.124 e. The van der Waals surface area contributed by atoms with Gasteiger partial charge in [-0.25, -0.2) is 0 Å². The van der Waals surface area contributed by atoms with Gasteiger partial charge in [0.25, 0.3) is 0 Å². The summed E-state index contributed by atoms with van der Waals surface area (Å²) in [6.07, 6.45) is 0. The minimum atomic E-state index is 0.462. The van der Waals surface area contributed by atoms with Crippen molar-refractivity contribution in [1.29, 1.82) is 0 Å². The average molecular weight is 197 g/mol. The van der Waals surface area contributed by atoms with Crippen molar-refractivity contribution in [1.82, 2.24) is 0 Å². The van der Waals surface area contributed by atoms with Gasteiger partial charge in [-0.15, -0.1) is 0 Å². The van der Waals surface area contributed by atoms with Crippen molar-refractivity contribution in [2.24, 2.45) is 5.92 Å². The summed E-state index contributed by atoms with van der Waals surface area (Å²) >= 11 is 6.13. The topological polar surface area (TPSA) is 9.23 Å². The van der Waals surface area contributed by atoms with Gasteiger partial charge in [0.2, 0.25) is 0 Å². The van der Waals surface area contributed by atoms with Crippen molar-refractivity contribution in [3.8, 4) is 5.75 Å². The van der Waals surface area contributed by atoms with E-state index in [0.29, 0.717) is 11.8 Å². The van der Waals surface area contributed by atoms with Crippen molar-refractivity contribution in [3.05, 3.63) is 28.8 Å². The second-order valence-corrected chi connectivity index (χ2v) is 4.22. The number of hydrogen-bond donors (Lipinski definition) is 0. The molecule has 1 aliphatic heterocycles. The highest BCUT2D eigenvalue weighted by Gasteiger charge is 2.28. The van der Waals surface area contributed by atoms with Crippen LogP contribution in [0.3, 0.4) is 0 Å². The van der Waals surface area contributed by atoms with E-state index in [9.17, 15) is 0 Å². The zero-order valence-corrected chi connectivity index (χ0v) is 8.64.